The molecule has 0 heterocycles. The van der Waals surface area contributed by atoms with Crippen molar-refractivity contribution in [3.63, 3.8) is 0 Å². The number of sulfonamides is 2. The molecule has 0 saturated heterocycles. The van der Waals surface area contributed by atoms with Gasteiger partial charge in [0.25, 0.3) is 10.0 Å². The van der Waals surface area contributed by atoms with Crippen LogP contribution < -0.4 is 9.44 Å². The van der Waals surface area contributed by atoms with Gasteiger partial charge in [-0.15, -0.1) is 0 Å². The fraction of sp³-hybridized carbons (Fsp3) is 0.143. The lowest BCUT2D eigenvalue weighted by Crippen LogP contribution is -2.18. The standard InChI is InChI=1S/C14H15ClN2O4S2/c1-10-9-11(15)3-8-14(10)23(20,21)17-12-4-6-13(7-5-12)22(18,19)16-2/h3-9,16-17H,1-2H3. The Balaban J connectivity index is 2.31. The monoisotopic (exact) mass is 374 g/mol. The average Bonchev–Trinajstić information content (AvgIpc) is 2.47. The van der Waals surface area contributed by atoms with E-state index in [0.717, 1.165) is 0 Å². The summed E-state index contributed by atoms with van der Waals surface area (Å²) in [6.45, 7) is 1.64. The van der Waals surface area contributed by atoms with Gasteiger partial charge in [0, 0.05) is 10.7 Å². The lowest BCUT2D eigenvalue weighted by atomic mass is 10.2. The third-order valence-corrected chi connectivity index (χ3v) is 6.32. The van der Waals surface area contributed by atoms with Crippen LogP contribution in [0.4, 0.5) is 5.69 Å². The second-order valence-electron chi connectivity index (χ2n) is 4.75. The van der Waals surface area contributed by atoms with Crippen LogP contribution in [0.1, 0.15) is 5.56 Å². The van der Waals surface area contributed by atoms with E-state index in [9.17, 15) is 16.8 Å². The smallest absolute Gasteiger partial charge is 0.262 e. The van der Waals surface area contributed by atoms with Crippen molar-refractivity contribution in [2.75, 3.05) is 11.8 Å². The van der Waals surface area contributed by atoms with Gasteiger partial charge in [-0.3, -0.25) is 4.72 Å². The van der Waals surface area contributed by atoms with Crippen molar-refractivity contribution in [3.8, 4) is 0 Å². The van der Waals surface area contributed by atoms with Crippen LogP contribution in [0.5, 0.6) is 0 Å². The van der Waals surface area contributed by atoms with Gasteiger partial charge in [-0.1, -0.05) is 11.6 Å². The first-order valence-electron chi connectivity index (χ1n) is 6.48. The fourth-order valence-corrected chi connectivity index (χ4v) is 4.19. The molecular formula is C14H15ClN2O4S2. The van der Waals surface area contributed by atoms with Crippen molar-refractivity contribution in [2.24, 2.45) is 0 Å². The van der Waals surface area contributed by atoms with Gasteiger partial charge in [-0.2, -0.15) is 0 Å². The molecule has 2 N–H and O–H groups in total. The fourth-order valence-electron chi connectivity index (χ4n) is 1.94. The van der Waals surface area contributed by atoms with Crippen LogP contribution in [0.3, 0.4) is 0 Å². The van der Waals surface area contributed by atoms with E-state index in [0.29, 0.717) is 10.6 Å². The van der Waals surface area contributed by atoms with Gasteiger partial charge in [0.1, 0.15) is 0 Å². The number of benzene rings is 2. The van der Waals surface area contributed by atoms with Gasteiger partial charge in [0.2, 0.25) is 10.0 Å². The van der Waals surface area contributed by atoms with E-state index in [-0.39, 0.29) is 15.5 Å². The molecule has 124 valence electrons. The van der Waals surface area contributed by atoms with E-state index in [4.69, 9.17) is 11.6 Å². The number of hydrogen-bond acceptors (Lipinski definition) is 4. The summed E-state index contributed by atoms with van der Waals surface area (Å²) in [5, 5.41) is 0.447. The molecule has 2 aromatic carbocycles. The lowest BCUT2D eigenvalue weighted by Gasteiger charge is -2.11. The number of anilines is 1. The Kier molecular flexibility index (Phi) is 5.00. The Morgan fingerprint density at radius 1 is 0.913 bits per heavy atom. The summed E-state index contributed by atoms with van der Waals surface area (Å²) < 4.78 is 52.6. The van der Waals surface area contributed by atoms with Crippen molar-refractivity contribution < 1.29 is 16.8 Å². The Morgan fingerprint density at radius 2 is 1.52 bits per heavy atom. The summed E-state index contributed by atoms with van der Waals surface area (Å²) >= 11 is 5.82. The van der Waals surface area contributed by atoms with Crippen molar-refractivity contribution in [3.05, 3.63) is 53.1 Å². The van der Waals surface area contributed by atoms with Crippen LogP contribution in [-0.2, 0) is 20.0 Å². The maximum Gasteiger partial charge on any atom is 0.262 e. The second kappa shape index (κ2) is 6.48. The summed E-state index contributed by atoms with van der Waals surface area (Å²) in [5.74, 6) is 0. The third-order valence-electron chi connectivity index (χ3n) is 3.11. The molecular weight excluding hydrogens is 360 g/mol. The molecule has 9 heteroatoms. The molecule has 0 aromatic heterocycles. The van der Waals surface area contributed by atoms with Crippen molar-refractivity contribution >= 4 is 37.3 Å². The number of halogens is 1. The van der Waals surface area contributed by atoms with E-state index < -0.39 is 20.0 Å². The predicted molar refractivity (Wildman–Crippen MR) is 89.7 cm³/mol. The summed E-state index contributed by atoms with van der Waals surface area (Å²) in [6, 6.07) is 9.86. The van der Waals surface area contributed by atoms with E-state index in [1.807, 2.05) is 0 Å². The summed E-state index contributed by atoms with van der Waals surface area (Å²) in [4.78, 5) is 0.152. The van der Waals surface area contributed by atoms with Crippen molar-refractivity contribution in [1.29, 1.82) is 0 Å². The Bertz CT molecular complexity index is 924. The topological polar surface area (TPSA) is 92.3 Å². The van der Waals surface area contributed by atoms with E-state index in [1.165, 1.54) is 43.4 Å². The SMILES string of the molecule is CNS(=O)(=O)c1ccc(NS(=O)(=O)c2ccc(Cl)cc2C)cc1. The first kappa shape index (κ1) is 17.7. The third kappa shape index (κ3) is 4.03. The van der Waals surface area contributed by atoms with Crippen LogP contribution in [-0.4, -0.2) is 23.9 Å². The van der Waals surface area contributed by atoms with Crippen molar-refractivity contribution in [1.82, 2.24) is 4.72 Å². The van der Waals surface area contributed by atoms with E-state index in [2.05, 4.69) is 9.44 Å². The molecule has 0 aliphatic heterocycles. The molecule has 0 fully saturated rings. The normalized spacial score (nSPS) is 12.1. The number of nitrogens with one attached hydrogen (secondary N) is 2. The molecule has 0 aliphatic rings. The zero-order valence-electron chi connectivity index (χ0n) is 12.4. The van der Waals surface area contributed by atoms with Crippen LogP contribution in [0.15, 0.2) is 52.3 Å². The van der Waals surface area contributed by atoms with Crippen LogP contribution in [0, 0.1) is 6.92 Å². The second-order valence-corrected chi connectivity index (χ2v) is 8.72. The molecule has 6 nitrogen and oxygen atoms in total. The van der Waals surface area contributed by atoms with E-state index in [1.54, 1.807) is 13.0 Å². The Hall–Kier alpha value is -1.61. The largest absolute Gasteiger partial charge is 0.280 e. The first-order valence-corrected chi connectivity index (χ1v) is 9.83. The van der Waals surface area contributed by atoms with Crippen LogP contribution in [0.25, 0.3) is 0 Å². The highest BCUT2D eigenvalue weighted by atomic mass is 35.5. The van der Waals surface area contributed by atoms with Gasteiger partial charge < -0.3 is 0 Å². The first-order chi connectivity index (χ1) is 10.7. The molecule has 2 aromatic rings. The molecule has 0 radical (unpaired) electrons. The Morgan fingerprint density at radius 3 is 2.04 bits per heavy atom. The lowest BCUT2D eigenvalue weighted by molar-refractivity contribution is 0.588. The summed E-state index contributed by atoms with van der Waals surface area (Å²) in [6.07, 6.45) is 0. The molecule has 0 amide bonds. The maximum atomic E-state index is 12.4. The van der Waals surface area contributed by atoms with Gasteiger partial charge >= 0.3 is 0 Å². The highest BCUT2D eigenvalue weighted by molar-refractivity contribution is 7.92. The molecule has 0 saturated carbocycles. The summed E-state index contributed by atoms with van der Waals surface area (Å²) in [7, 11) is -6.05. The quantitative estimate of drug-likeness (QED) is 0.840. The molecule has 0 spiro atoms. The van der Waals surface area contributed by atoms with Gasteiger partial charge in [0.15, 0.2) is 0 Å². The van der Waals surface area contributed by atoms with Crippen LogP contribution in [0.2, 0.25) is 5.02 Å². The number of hydrogen-bond donors (Lipinski definition) is 2. The number of aryl methyl sites for hydroxylation is 1. The molecule has 23 heavy (non-hydrogen) atoms. The van der Waals surface area contributed by atoms with E-state index >= 15 is 0 Å². The molecule has 2 rings (SSSR count). The minimum absolute atomic E-state index is 0.0469. The zero-order valence-corrected chi connectivity index (χ0v) is 14.8. The van der Waals surface area contributed by atoms with Gasteiger partial charge in [-0.05, 0) is 62.0 Å². The molecule has 0 bridgehead atoms. The molecule has 0 aliphatic carbocycles. The summed E-state index contributed by atoms with van der Waals surface area (Å²) in [5.41, 5.74) is 0.772. The highest BCUT2D eigenvalue weighted by Crippen LogP contribution is 2.23. The van der Waals surface area contributed by atoms with Gasteiger partial charge in [0.05, 0.1) is 9.79 Å². The molecule has 0 unspecified atom stereocenters. The minimum atomic E-state index is -3.79. The minimum Gasteiger partial charge on any atom is -0.280 e. The zero-order chi connectivity index (χ0) is 17.3. The average molecular weight is 375 g/mol. The van der Waals surface area contributed by atoms with Gasteiger partial charge in [-0.25, -0.2) is 21.6 Å². The highest BCUT2D eigenvalue weighted by Gasteiger charge is 2.18. The van der Waals surface area contributed by atoms with Crippen molar-refractivity contribution in [2.45, 2.75) is 16.7 Å². The Labute approximate surface area is 140 Å². The predicted octanol–water partition coefficient (Wildman–Crippen LogP) is 2.36. The maximum absolute atomic E-state index is 12.4. The number of rotatable bonds is 5. The molecule has 0 atom stereocenters. The van der Waals surface area contributed by atoms with Crippen LogP contribution >= 0.6 is 11.6 Å².